The maximum Gasteiger partial charge on any atom is 0.191 e. The van der Waals surface area contributed by atoms with Gasteiger partial charge in [-0.2, -0.15) is 0 Å². The molecule has 2 N–H and O–H groups in total. The van der Waals surface area contributed by atoms with Crippen LogP contribution in [-0.4, -0.2) is 46.6 Å². The van der Waals surface area contributed by atoms with Gasteiger partial charge in [-0.25, -0.2) is 0 Å². The minimum Gasteiger partial charge on any atom is -0.356 e. The van der Waals surface area contributed by atoms with E-state index in [0.29, 0.717) is 0 Å². The number of hydrogen-bond acceptors (Lipinski definition) is 4. The Kier molecular flexibility index (Phi) is 7.83. The van der Waals surface area contributed by atoms with Crippen LogP contribution in [0.3, 0.4) is 0 Å². The summed E-state index contributed by atoms with van der Waals surface area (Å²) in [5, 5.41) is 16.2. The monoisotopic (exact) mass is 406 g/mol. The predicted octanol–water partition coefficient (Wildman–Crippen LogP) is 3.16. The van der Waals surface area contributed by atoms with Gasteiger partial charge in [0, 0.05) is 55.2 Å². The summed E-state index contributed by atoms with van der Waals surface area (Å²) >= 11 is 7.71. The Balaban J connectivity index is 1.37. The van der Waals surface area contributed by atoms with Gasteiger partial charge in [-0.1, -0.05) is 18.0 Å². The van der Waals surface area contributed by atoms with Crippen LogP contribution in [0.15, 0.2) is 34.2 Å². The fourth-order valence-electron chi connectivity index (χ4n) is 3.11. The largest absolute Gasteiger partial charge is 0.356 e. The number of nitrogens with zero attached hydrogens (tertiary/aromatic N) is 4. The van der Waals surface area contributed by atoms with Gasteiger partial charge in [0.25, 0.3) is 0 Å². The smallest absolute Gasteiger partial charge is 0.191 e. The van der Waals surface area contributed by atoms with E-state index in [-0.39, 0.29) is 0 Å². The number of aromatic nitrogens is 3. The summed E-state index contributed by atoms with van der Waals surface area (Å²) in [4.78, 5) is 5.51. The highest BCUT2D eigenvalue weighted by Gasteiger charge is 2.14. The first kappa shape index (κ1) is 20.0. The molecule has 0 spiro atoms. The number of aryl methyl sites for hydroxylation is 1. The molecule has 2 heterocycles. The van der Waals surface area contributed by atoms with E-state index >= 15 is 0 Å². The summed E-state index contributed by atoms with van der Waals surface area (Å²) in [6.07, 6.45) is 5.63. The number of aliphatic imine (C=N–C) groups is 1. The van der Waals surface area contributed by atoms with Crippen LogP contribution in [0.1, 0.15) is 30.9 Å². The molecule has 0 fully saturated rings. The molecule has 0 saturated heterocycles. The van der Waals surface area contributed by atoms with Crippen LogP contribution in [0.5, 0.6) is 0 Å². The van der Waals surface area contributed by atoms with Crippen molar-refractivity contribution in [1.82, 2.24) is 25.4 Å². The quantitative estimate of drug-likeness (QED) is 0.320. The lowest BCUT2D eigenvalue weighted by atomic mass is 10.2. The molecule has 1 aliphatic heterocycles. The predicted molar refractivity (Wildman–Crippen MR) is 113 cm³/mol. The maximum absolute atomic E-state index is 5.91. The van der Waals surface area contributed by atoms with Crippen LogP contribution < -0.4 is 10.6 Å². The van der Waals surface area contributed by atoms with E-state index in [4.69, 9.17) is 11.6 Å². The molecule has 146 valence electrons. The zero-order valence-electron chi connectivity index (χ0n) is 15.7. The third kappa shape index (κ3) is 6.14. The molecule has 0 unspecified atom stereocenters. The minimum absolute atomic E-state index is 0.770. The molecule has 1 aromatic carbocycles. The lowest BCUT2D eigenvalue weighted by Gasteiger charge is -2.12. The fraction of sp³-hybridized carbons (Fsp3) is 0.526. The molecule has 1 aromatic heterocycles. The third-order valence-electron chi connectivity index (χ3n) is 4.53. The third-order valence-corrected chi connectivity index (χ3v) is 5.79. The van der Waals surface area contributed by atoms with Crippen LogP contribution in [0.2, 0.25) is 5.02 Å². The van der Waals surface area contributed by atoms with Gasteiger partial charge in [0.1, 0.15) is 11.6 Å². The average Bonchev–Trinajstić information content (AvgIpc) is 2.91. The molecule has 3 rings (SSSR count). The summed E-state index contributed by atoms with van der Waals surface area (Å²) in [7, 11) is 1.80. The highest BCUT2D eigenvalue weighted by molar-refractivity contribution is 7.99. The number of nitrogens with one attached hydrogen (secondary N) is 2. The van der Waals surface area contributed by atoms with Gasteiger partial charge in [-0.15, -0.1) is 22.0 Å². The van der Waals surface area contributed by atoms with E-state index in [1.165, 1.54) is 24.2 Å². The number of rotatable bonds is 7. The zero-order chi connectivity index (χ0) is 18.9. The molecular weight excluding hydrogens is 380 g/mol. The zero-order valence-corrected chi connectivity index (χ0v) is 17.3. The Morgan fingerprint density at radius 2 is 1.96 bits per heavy atom. The second kappa shape index (κ2) is 10.6. The Labute approximate surface area is 170 Å². The summed E-state index contributed by atoms with van der Waals surface area (Å²) < 4.78 is 2.30. The summed E-state index contributed by atoms with van der Waals surface area (Å²) in [6, 6.07) is 7.93. The van der Waals surface area contributed by atoms with Gasteiger partial charge in [-0.05, 0) is 37.1 Å². The van der Waals surface area contributed by atoms with Crippen molar-refractivity contribution in [2.45, 2.75) is 43.5 Å². The molecule has 0 bridgehead atoms. The van der Waals surface area contributed by atoms with Crippen LogP contribution >= 0.6 is 23.4 Å². The van der Waals surface area contributed by atoms with Crippen LogP contribution in [0, 0.1) is 0 Å². The van der Waals surface area contributed by atoms with Crippen molar-refractivity contribution in [1.29, 1.82) is 0 Å². The van der Waals surface area contributed by atoms with Crippen LogP contribution in [-0.2, 0) is 19.4 Å². The molecule has 6 nitrogen and oxygen atoms in total. The Hall–Kier alpha value is -1.73. The Morgan fingerprint density at radius 1 is 1.15 bits per heavy atom. The van der Waals surface area contributed by atoms with Gasteiger partial charge in [0.2, 0.25) is 0 Å². The number of guanidine groups is 1. The van der Waals surface area contributed by atoms with Gasteiger partial charge in [-0.3, -0.25) is 4.99 Å². The van der Waals surface area contributed by atoms with E-state index in [1.807, 2.05) is 24.3 Å². The van der Waals surface area contributed by atoms with E-state index in [1.54, 1.807) is 18.8 Å². The van der Waals surface area contributed by atoms with Crippen molar-refractivity contribution >= 4 is 29.3 Å². The maximum atomic E-state index is 5.91. The van der Waals surface area contributed by atoms with Crippen molar-refractivity contribution in [3.63, 3.8) is 0 Å². The molecular formula is C19H27ClN6S. The lowest BCUT2D eigenvalue weighted by molar-refractivity contribution is 0.600. The van der Waals surface area contributed by atoms with Gasteiger partial charge >= 0.3 is 0 Å². The highest BCUT2D eigenvalue weighted by Crippen LogP contribution is 2.19. The second-order valence-corrected chi connectivity index (χ2v) is 8.08. The van der Waals surface area contributed by atoms with Crippen molar-refractivity contribution in [2.75, 3.05) is 25.9 Å². The second-order valence-electron chi connectivity index (χ2n) is 6.47. The SMILES string of the molecule is CN=C(NCCSc1ccc(Cl)cc1)NCCc1nnc2n1CCCCC2. The van der Waals surface area contributed by atoms with Crippen LogP contribution in [0.4, 0.5) is 0 Å². The van der Waals surface area contributed by atoms with Gasteiger partial charge in [0.05, 0.1) is 0 Å². The number of halogens is 1. The number of benzene rings is 1. The van der Waals surface area contributed by atoms with Crippen molar-refractivity contribution in [3.05, 3.63) is 40.9 Å². The molecule has 0 atom stereocenters. The van der Waals surface area contributed by atoms with Gasteiger partial charge in [0.15, 0.2) is 5.96 Å². The number of hydrogen-bond donors (Lipinski definition) is 2. The lowest BCUT2D eigenvalue weighted by Crippen LogP contribution is -2.39. The normalized spacial score (nSPS) is 14.5. The van der Waals surface area contributed by atoms with E-state index in [0.717, 1.165) is 60.9 Å². The molecule has 0 aliphatic carbocycles. The average molecular weight is 407 g/mol. The van der Waals surface area contributed by atoms with Gasteiger partial charge < -0.3 is 15.2 Å². The molecule has 1 aliphatic rings. The minimum atomic E-state index is 0.770. The summed E-state index contributed by atoms with van der Waals surface area (Å²) in [6.45, 7) is 2.68. The Bertz CT molecular complexity index is 743. The topological polar surface area (TPSA) is 67.1 Å². The van der Waals surface area contributed by atoms with E-state index in [2.05, 4.69) is 30.4 Å². The van der Waals surface area contributed by atoms with Crippen LogP contribution in [0.25, 0.3) is 0 Å². The number of thioether (sulfide) groups is 1. The standard InChI is InChI=1S/C19H27ClN6S/c1-21-19(23-12-14-27-16-8-6-15(20)7-9-16)22-11-10-18-25-24-17-5-3-2-4-13-26(17)18/h6-9H,2-5,10-14H2,1H3,(H2,21,22,23). The molecule has 8 heteroatoms. The summed E-state index contributed by atoms with van der Waals surface area (Å²) in [5.74, 6) is 4.00. The fourth-order valence-corrected chi connectivity index (χ4v) is 4.01. The van der Waals surface area contributed by atoms with E-state index < -0.39 is 0 Å². The van der Waals surface area contributed by atoms with E-state index in [9.17, 15) is 0 Å². The van der Waals surface area contributed by atoms with Crippen molar-refractivity contribution in [2.24, 2.45) is 4.99 Å². The first-order valence-corrected chi connectivity index (χ1v) is 10.9. The number of fused-ring (bicyclic) bond motifs is 1. The molecule has 0 radical (unpaired) electrons. The molecule has 27 heavy (non-hydrogen) atoms. The molecule has 0 amide bonds. The molecule has 2 aromatic rings. The molecule has 0 saturated carbocycles. The summed E-state index contributed by atoms with van der Waals surface area (Å²) in [5.41, 5.74) is 0. The first-order chi connectivity index (χ1) is 13.3. The van der Waals surface area contributed by atoms with Crippen molar-refractivity contribution < 1.29 is 0 Å². The Morgan fingerprint density at radius 3 is 2.78 bits per heavy atom. The van der Waals surface area contributed by atoms with Crippen molar-refractivity contribution in [3.8, 4) is 0 Å². The first-order valence-electron chi connectivity index (χ1n) is 9.50. The highest BCUT2D eigenvalue weighted by atomic mass is 35.5.